The summed E-state index contributed by atoms with van der Waals surface area (Å²) < 4.78 is 24.2. The number of phenolic OH excluding ortho intramolecular Hbond substituents is 2. The zero-order chi connectivity index (χ0) is 17.9. The molecule has 10 heteroatoms. The van der Waals surface area contributed by atoms with Crippen molar-refractivity contribution in [3.8, 4) is 11.5 Å². The maximum atomic E-state index is 12.1. The van der Waals surface area contributed by atoms with E-state index in [0.717, 1.165) is 30.3 Å². The predicted octanol–water partition coefficient (Wildman–Crippen LogP) is 1.71. The van der Waals surface area contributed by atoms with Crippen LogP contribution in [-0.2, 0) is 10.0 Å². The summed E-state index contributed by atoms with van der Waals surface area (Å²) in [6.07, 6.45) is 0. The van der Waals surface area contributed by atoms with E-state index in [1.54, 1.807) is 0 Å². The Hall–Kier alpha value is -3.14. The van der Waals surface area contributed by atoms with Gasteiger partial charge in [0.25, 0.3) is 15.7 Å². The molecule has 0 heterocycles. The Morgan fingerprint density at radius 3 is 2.33 bits per heavy atom. The molecule has 0 bridgehead atoms. The van der Waals surface area contributed by atoms with Crippen LogP contribution >= 0.6 is 0 Å². The van der Waals surface area contributed by atoms with Crippen LogP contribution in [0.3, 0.4) is 0 Å². The molecule has 0 spiro atoms. The number of nitrogens with zero attached hydrogens (tertiary/aromatic N) is 2. The van der Waals surface area contributed by atoms with Crippen molar-refractivity contribution < 1.29 is 23.6 Å². The highest BCUT2D eigenvalue weighted by molar-refractivity contribution is 7.89. The van der Waals surface area contributed by atoms with Gasteiger partial charge in [0.15, 0.2) is 0 Å². The fourth-order valence-electron chi connectivity index (χ4n) is 1.81. The fraction of sp³-hybridized carbons (Fsp3) is 0.0714. The molecule has 0 aliphatic rings. The Kier molecular flexibility index (Phi) is 4.69. The van der Waals surface area contributed by atoms with Crippen LogP contribution in [0.2, 0.25) is 0 Å². The number of non-ortho nitro benzene ring substituents is 1. The van der Waals surface area contributed by atoms with Gasteiger partial charge in [-0.05, 0) is 31.2 Å². The Labute approximate surface area is 137 Å². The van der Waals surface area contributed by atoms with Gasteiger partial charge in [-0.15, -0.1) is 0 Å². The van der Waals surface area contributed by atoms with Crippen LogP contribution < -0.4 is 4.83 Å². The highest BCUT2D eigenvalue weighted by Crippen LogP contribution is 2.23. The molecule has 126 valence electrons. The molecule has 0 radical (unpaired) electrons. The molecule has 0 aliphatic heterocycles. The van der Waals surface area contributed by atoms with Crippen LogP contribution in [0.25, 0.3) is 0 Å². The maximum absolute atomic E-state index is 12.1. The van der Waals surface area contributed by atoms with E-state index in [1.165, 1.54) is 19.1 Å². The quantitative estimate of drug-likeness (QED) is 0.425. The predicted molar refractivity (Wildman–Crippen MR) is 85.4 cm³/mol. The van der Waals surface area contributed by atoms with Crippen LogP contribution in [-0.4, -0.2) is 29.3 Å². The van der Waals surface area contributed by atoms with Crippen molar-refractivity contribution in [1.82, 2.24) is 4.83 Å². The average Bonchev–Trinajstić information content (AvgIpc) is 2.53. The molecule has 0 unspecified atom stereocenters. The second-order valence-electron chi connectivity index (χ2n) is 4.74. The number of hydrazone groups is 1. The normalized spacial score (nSPS) is 12.0. The standard InChI is InChI=1S/C14H13N3O6S/c1-9(13-7-4-11(18)8-14(13)19)15-16-24(22,23)12-5-2-10(3-6-12)17(20)21/h2-8,16,18-19H,1H3/b15-9+. The van der Waals surface area contributed by atoms with Crippen molar-refractivity contribution in [1.29, 1.82) is 0 Å². The molecular formula is C14H13N3O6S. The summed E-state index contributed by atoms with van der Waals surface area (Å²) in [6.45, 7) is 1.46. The minimum absolute atomic E-state index is 0.143. The zero-order valence-electron chi connectivity index (χ0n) is 12.4. The molecule has 0 amide bonds. The number of sulfonamides is 1. The Morgan fingerprint density at radius 1 is 1.17 bits per heavy atom. The van der Waals surface area contributed by atoms with Crippen molar-refractivity contribution in [3.05, 3.63) is 58.1 Å². The summed E-state index contributed by atoms with van der Waals surface area (Å²) in [5.41, 5.74) is 0.167. The lowest BCUT2D eigenvalue weighted by Gasteiger charge is -2.07. The average molecular weight is 351 g/mol. The van der Waals surface area contributed by atoms with Crippen LogP contribution in [0.15, 0.2) is 52.5 Å². The first-order valence-corrected chi connectivity index (χ1v) is 8.02. The van der Waals surface area contributed by atoms with Crippen molar-refractivity contribution in [2.75, 3.05) is 0 Å². The third kappa shape index (κ3) is 3.79. The largest absolute Gasteiger partial charge is 0.508 e. The second kappa shape index (κ2) is 6.54. The van der Waals surface area contributed by atoms with E-state index in [4.69, 9.17) is 0 Å². The number of aromatic hydroxyl groups is 2. The third-order valence-electron chi connectivity index (χ3n) is 3.06. The topological polar surface area (TPSA) is 142 Å². The molecule has 0 saturated carbocycles. The zero-order valence-corrected chi connectivity index (χ0v) is 13.2. The first-order valence-electron chi connectivity index (χ1n) is 6.53. The molecule has 0 saturated heterocycles. The highest BCUT2D eigenvalue weighted by atomic mass is 32.2. The number of hydrogen-bond acceptors (Lipinski definition) is 7. The summed E-state index contributed by atoms with van der Waals surface area (Å²) in [5, 5.41) is 33.2. The van der Waals surface area contributed by atoms with E-state index >= 15 is 0 Å². The number of nitro benzene ring substituents is 1. The molecule has 0 fully saturated rings. The van der Waals surface area contributed by atoms with Gasteiger partial charge in [-0.3, -0.25) is 10.1 Å². The summed E-state index contributed by atoms with van der Waals surface area (Å²) in [6, 6.07) is 8.10. The van der Waals surface area contributed by atoms with Gasteiger partial charge in [-0.2, -0.15) is 18.4 Å². The van der Waals surface area contributed by atoms with Crippen molar-refractivity contribution in [3.63, 3.8) is 0 Å². The number of nitro groups is 1. The first-order chi connectivity index (χ1) is 11.2. The van der Waals surface area contributed by atoms with Gasteiger partial charge in [-0.25, -0.2) is 0 Å². The van der Waals surface area contributed by atoms with E-state index in [2.05, 4.69) is 5.10 Å². The molecular weight excluding hydrogens is 338 g/mol. The smallest absolute Gasteiger partial charge is 0.276 e. The summed E-state index contributed by atoms with van der Waals surface area (Å²) in [5.74, 6) is -0.402. The third-order valence-corrected chi connectivity index (χ3v) is 4.29. The van der Waals surface area contributed by atoms with E-state index < -0.39 is 14.9 Å². The SMILES string of the molecule is C/C(=N\NS(=O)(=O)c1ccc([N+](=O)[O-])cc1)c1ccc(O)cc1O. The molecule has 24 heavy (non-hydrogen) atoms. The van der Waals surface area contributed by atoms with Gasteiger partial charge in [0.2, 0.25) is 0 Å². The van der Waals surface area contributed by atoms with E-state index in [-0.39, 0.29) is 33.4 Å². The minimum atomic E-state index is -4.02. The number of rotatable bonds is 5. The lowest BCUT2D eigenvalue weighted by Crippen LogP contribution is -2.20. The van der Waals surface area contributed by atoms with Crippen LogP contribution in [0.1, 0.15) is 12.5 Å². The number of benzene rings is 2. The van der Waals surface area contributed by atoms with E-state index in [9.17, 15) is 28.7 Å². The summed E-state index contributed by atoms with van der Waals surface area (Å²) >= 11 is 0. The van der Waals surface area contributed by atoms with Crippen molar-refractivity contribution in [2.24, 2.45) is 5.10 Å². The van der Waals surface area contributed by atoms with Crippen molar-refractivity contribution in [2.45, 2.75) is 11.8 Å². The number of nitrogens with one attached hydrogen (secondary N) is 1. The van der Waals surface area contributed by atoms with Gasteiger partial charge in [0, 0.05) is 23.8 Å². The Balaban J connectivity index is 2.23. The summed E-state index contributed by atoms with van der Waals surface area (Å²) in [4.78, 5) is 11.7. The van der Waals surface area contributed by atoms with Gasteiger partial charge < -0.3 is 10.2 Å². The van der Waals surface area contributed by atoms with Crippen molar-refractivity contribution >= 4 is 21.4 Å². The molecule has 3 N–H and O–H groups in total. The minimum Gasteiger partial charge on any atom is -0.508 e. The Morgan fingerprint density at radius 2 is 1.79 bits per heavy atom. The second-order valence-corrected chi connectivity index (χ2v) is 6.41. The fourth-order valence-corrected chi connectivity index (χ4v) is 2.67. The van der Waals surface area contributed by atoms with Gasteiger partial charge in [0.1, 0.15) is 11.5 Å². The number of hydrogen-bond donors (Lipinski definition) is 3. The van der Waals surface area contributed by atoms with Gasteiger partial charge in [-0.1, -0.05) is 0 Å². The molecule has 2 aromatic rings. The first kappa shape index (κ1) is 17.2. The lowest BCUT2D eigenvalue weighted by atomic mass is 10.1. The van der Waals surface area contributed by atoms with E-state index in [0.29, 0.717) is 0 Å². The molecule has 9 nitrogen and oxygen atoms in total. The van der Waals surface area contributed by atoms with Crippen LogP contribution in [0.5, 0.6) is 11.5 Å². The summed E-state index contributed by atoms with van der Waals surface area (Å²) in [7, 11) is -4.02. The van der Waals surface area contributed by atoms with Gasteiger partial charge >= 0.3 is 0 Å². The van der Waals surface area contributed by atoms with E-state index in [1.807, 2.05) is 4.83 Å². The molecule has 0 atom stereocenters. The molecule has 0 aromatic heterocycles. The van der Waals surface area contributed by atoms with Gasteiger partial charge in [0.05, 0.1) is 15.5 Å². The Bertz CT molecular complexity index is 907. The lowest BCUT2D eigenvalue weighted by molar-refractivity contribution is -0.384. The van der Waals surface area contributed by atoms with Crippen LogP contribution in [0, 0.1) is 10.1 Å². The maximum Gasteiger partial charge on any atom is 0.276 e. The molecule has 2 rings (SSSR count). The monoisotopic (exact) mass is 351 g/mol. The molecule has 2 aromatic carbocycles. The van der Waals surface area contributed by atoms with Crippen LogP contribution in [0.4, 0.5) is 5.69 Å². The molecule has 0 aliphatic carbocycles. The highest BCUT2D eigenvalue weighted by Gasteiger charge is 2.15. The number of phenols is 2.